The highest BCUT2D eigenvalue weighted by molar-refractivity contribution is 14.1. The Balaban J connectivity index is 2.77. The lowest BCUT2D eigenvalue weighted by Crippen LogP contribution is -2.39. The van der Waals surface area contributed by atoms with Crippen LogP contribution < -0.4 is 10.6 Å². The molecule has 20 heavy (non-hydrogen) atoms. The molecular formula is C13H18IN3O3. The van der Waals surface area contributed by atoms with Gasteiger partial charge in [0.05, 0.1) is 4.92 Å². The topological polar surface area (TPSA) is 84.3 Å². The van der Waals surface area contributed by atoms with Crippen LogP contribution in [-0.2, 0) is 4.79 Å². The Morgan fingerprint density at radius 3 is 2.60 bits per heavy atom. The van der Waals surface area contributed by atoms with Crippen molar-refractivity contribution >= 4 is 39.9 Å². The second-order valence-corrected chi connectivity index (χ2v) is 6.17. The first-order valence-corrected chi connectivity index (χ1v) is 7.37. The molecule has 2 N–H and O–H groups in total. The minimum absolute atomic E-state index is 0.0274. The van der Waals surface area contributed by atoms with Crippen LogP contribution in [0.5, 0.6) is 0 Å². The Hall–Kier alpha value is -1.38. The lowest BCUT2D eigenvalue weighted by atomic mass is 10.2. The van der Waals surface area contributed by atoms with Gasteiger partial charge in [0.15, 0.2) is 0 Å². The first-order valence-electron chi connectivity index (χ1n) is 6.29. The average molecular weight is 391 g/mol. The second kappa shape index (κ2) is 7.41. The van der Waals surface area contributed by atoms with E-state index in [9.17, 15) is 14.9 Å². The van der Waals surface area contributed by atoms with Gasteiger partial charge in [-0.15, -0.1) is 0 Å². The molecular weight excluding hydrogens is 373 g/mol. The van der Waals surface area contributed by atoms with E-state index in [1.165, 1.54) is 6.07 Å². The normalized spacial score (nSPS) is 12.1. The molecule has 0 radical (unpaired) electrons. The average Bonchev–Trinajstić information content (AvgIpc) is 2.37. The summed E-state index contributed by atoms with van der Waals surface area (Å²) >= 11 is 2.01. The van der Waals surface area contributed by atoms with Gasteiger partial charge in [-0.3, -0.25) is 14.9 Å². The molecule has 1 aromatic rings. The van der Waals surface area contributed by atoms with Gasteiger partial charge in [0.2, 0.25) is 5.91 Å². The molecule has 0 saturated carbocycles. The number of carbonyl (C=O) groups is 1. The van der Waals surface area contributed by atoms with Crippen LogP contribution in [0, 0.1) is 19.6 Å². The van der Waals surface area contributed by atoms with Gasteiger partial charge >= 0.3 is 0 Å². The number of nitro benzene ring substituents is 1. The summed E-state index contributed by atoms with van der Waals surface area (Å²) in [5.74, 6) is 0.185. The molecule has 1 unspecified atom stereocenters. The smallest absolute Gasteiger partial charge is 0.293 e. The van der Waals surface area contributed by atoms with Gasteiger partial charge in [-0.2, -0.15) is 0 Å². The predicted molar refractivity (Wildman–Crippen MR) is 86.7 cm³/mol. The number of hydrogen-bond donors (Lipinski definition) is 2. The zero-order valence-electron chi connectivity index (χ0n) is 11.6. The van der Waals surface area contributed by atoms with Crippen molar-refractivity contribution in [2.45, 2.75) is 26.8 Å². The molecule has 6 nitrogen and oxygen atoms in total. The van der Waals surface area contributed by atoms with Gasteiger partial charge < -0.3 is 10.6 Å². The lowest BCUT2D eigenvalue weighted by molar-refractivity contribution is -0.384. The molecule has 0 fully saturated rings. The largest absolute Gasteiger partial charge is 0.368 e. The summed E-state index contributed by atoms with van der Waals surface area (Å²) in [6, 6.07) is 4.31. The van der Waals surface area contributed by atoms with E-state index in [0.717, 1.165) is 3.57 Å². The predicted octanol–water partition coefficient (Wildman–Crippen LogP) is 2.77. The third-order valence-corrected chi connectivity index (χ3v) is 3.28. The SMILES string of the molecule is CC(C)CNC(=O)C(C)Nc1ccc(I)cc1[N+](=O)[O-]. The number of nitrogens with one attached hydrogen (secondary N) is 2. The third-order valence-electron chi connectivity index (χ3n) is 2.61. The Morgan fingerprint density at radius 1 is 1.40 bits per heavy atom. The zero-order valence-corrected chi connectivity index (χ0v) is 13.8. The maximum Gasteiger partial charge on any atom is 0.293 e. The Labute approximate surface area is 131 Å². The zero-order chi connectivity index (χ0) is 15.3. The minimum atomic E-state index is -0.535. The van der Waals surface area contributed by atoms with Crippen LogP contribution in [0.15, 0.2) is 18.2 Å². The number of halogens is 1. The van der Waals surface area contributed by atoms with Gasteiger partial charge in [-0.1, -0.05) is 13.8 Å². The first kappa shape index (κ1) is 16.7. The maximum atomic E-state index is 11.9. The van der Waals surface area contributed by atoms with Crippen molar-refractivity contribution in [2.24, 2.45) is 5.92 Å². The molecule has 0 spiro atoms. The van der Waals surface area contributed by atoms with Crippen molar-refractivity contribution in [3.05, 3.63) is 31.9 Å². The van der Waals surface area contributed by atoms with Crippen LogP contribution in [0.4, 0.5) is 11.4 Å². The Kier molecular flexibility index (Phi) is 6.18. The molecule has 0 saturated heterocycles. The number of nitro groups is 1. The number of anilines is 1. The first-order chi connectivity index (χ1) is 9.31. The quantitative estimate of drug-likeness (QED) is 0.444. The van der Waals surface area contributed by atoms with E-state index in [1.807, 2.05) is 36.4 Å². The third kappa shape index (κ3) is 4.95. The monoisotopic (exact) mass is 391 g/mol. The molecule has 1 amide bonds. The molecule has 1 atom stereocenters. The van der Waals surface area contributed by atoms with E-state index in [0.29, 0.717) is 18.2 Å². The molecule has 0 aliphatic heterocycles. The van der Waals surface area contributed by atoms with Gasteiger partial charge in [-0.05, 0) is 47.6 Å². The molecule has 1 aromatic carbocycles. The van der Waals surface area contributed by atoms with Crippen molar-refractivity contribution in [2.75, 3.05) is 11.9 Å². The Bertz CT molecular complexity index is 506. The molecule has 0 heterocycles. The fourth-order valence-electron chi connectivity index (χ4n) is 1.53. The summed E-state index contributed by atoms with van der Waals surface area (Å²) in [5, 5.41) is 16.7. The van der Waals surface area contributed by atoms with E-state index in [1.54, 1.807) is 19.1 Å². The van der Waals surface area contributed by atoms with Crippen LogP contribution in [0.2, 0.25) is 0 Å². The molecule has 0 aromatic heterocycles. The summed E-state index contributed by atoms with van der Waals surface area (Å²) < 4.78 is 0.775. The number of hydrogen-bond acceptors (Lipinski definition) is 4. The fourth-order valence-corrected chi connectivity index (χ4v) is 2.01. The molecule has 110 valence electrons. The van der Waals surface area contributed by atoms with E-state index in [-0.39, 0.29) is 11.6 Å². The number of nitrogens with zero attached hydrogens (tertiary/aromatic N) is 1. The van der Waals surface area contributed by atoms with Crippen molar-refractivity contribution in [1.29, 1.82) is 0 Å². The van der Waals surface area contributed by atoms with Gasteiger partial charge in [0, 0.05) is 16.2 Å². The molecule has 0 aliphatic carbocycles. The van der Waals surface area contributed by atoms with Crippen molar-refractivity contribution in [3.63, 3.8) is 0 Å². The summed E-state index contributed by atoms with van der Waals surface area (Å²) in [6.07, 6.45) is 0. The summed E-state index contributed by atoms with van der Waals surface area (Å²) in [5.41, 5.74) is 0.322. The van der Waals surface area contributed by atoms with Gasteiger partial charge in [-0.25, -0.2) is 0 Å². The van der Waals surface area contributed by atoms with Crippen LogP contribution in [0.1, 0.15) is 20.8 Å². The molecule has 0 aliphatic rings. The van der Waals surface area contributed by atoms with Gasteiger partial charge in [0.1, 0.15) is 11.7 Å². The van der Waals surface area contributed by atoms with Crippen molar-refractivity contribution < 1.29 is 9.72 Å². The van der Waals surface area contributed by atoms with Crippen molar-refractivity contribution in [1.82, 2.24) is 5.32 Å². The minimum Gasteiger partial charge on any atom is -0.368 e. The maximum absolute atomic E-state index is 11.9. The van der Waals surface area contributed by atoms with Crippen LogP contribution in [0.25, 0.3) is 0 Å². The summed E-state index contributed by atoms with van der Waals surface area (Å²) in [7, 11) is 0. The highest BCUT2D eigenvalue weighted by Crippen LogP contribution is 2.26. The molecule has 1 rings (SSSR count). The second-order valence-electron chi connectivity index (χ2n) is 4.92. The van der Waals surface area contributed by atoms with Crippen LogP contribution in [0.3, 0.4) is 0 Å². The van der Waals surface area contributed by atoms with E-state index in [4.69, 9.17) is 0 Å². The Morgan fingerprint density at radius 2 is 2.05 bits per heavy atom. The van der Waals surface area contributed by atoms with Crippen LogP contribution in [-0.4, -0.2) is 23.4 Å². The van der Waals surface area contributed by atoms with E-state index in [2.05, 4.69) is 10.6 Å². The highest BCUT2D eigenvalue weighted by atomic mass is 127. The molecule has 7 heteroatoms. The summed E-state index contributed by atoms with van der Waals surface area (Å²) in [6.45, 7) is 6.27. The number of carbonyl (C=O) groups excluding carboxylic acids is 1. The van der Waals surface area contributed by atoms with Gasteiger partial charge in [0.25, 0.3) is 5.69 Å². The molecule has 0 bridgehead atoms. The highest BCUT2D eigenvalue weighted by Gasteiger charge is 2.19. The number of benzene rings is 1. The lowest BCUT2D eigenvalue weighted by Gasteiger charge is -2.16. The number of rotatable bonds is 6. The van der Waals surface area contributed by atoms with E-state index < -0.39 is 11.0 Å². The summed E-state index contributed by atoms with van der Waals surface area (Å²) in [4.78, 5) is 22.4. The standard InChI is InChI=1S/C13H18IN3O3/c1-8(2)7-15-13(18)9(3)16-11-5-4-10(14)6-12(11)17(19)20/h4-6,8-9,16H,7H2,1-3H3,(H,15,18). The fraction of sp³-hybridized carbons (Fsp3) is 0.462. The van der Waals surface area contributed by atoms with Crippen LogP contribution >= 0.6 is 22.6 Å². The van der Waals surface area contributed by atoms with E-state index >= 15 is 0 Å². The van der Waals surface area contributed by atoms with Crippen molar-refractivity contribution in [3.8, 4) is 0 Å². The number of amides is 1.